The third kappa shape index (κ3) is 4.70. The normalized spacial score (nSPS) is 15.9. The Morgan fingerprint density at radius 3 is 2.57 bits per heavy atom. The quantitative estimate of drug-likeness (QED) is 0.287. The molecule has 214 valence electrons. The average Bonchev–Trinajstić information content (AvgIpc) is 3.30. The van der Waals surface area contributed by atoms with Gasteiger partial charge in [0.25, 0.3) is 5.56 Å². The van der Waals surface area contributed by atoms with Crippen LogP contribution in [0.15, 0.2) is 91.5 Å². The standard InChI is InChI=1S/C32H29N3O5S2/c1-6-40-31(37)28-18(2)33-32-35(29(28)21-13-12-20(38-4)17-24(21)39-5)30(36)27(42-32)16-19-11-14-23-26(15-19)41-25-10-8-7-9-22(25)34(23)3/h7-17,29H,6H2,1-5H3/b27-16+/t29-/m0/s1. The van der Waals surface area contributed by atoms with Crippen LogP contribution in [0.5, 0.6) is 11.5 Å². The van der Waals surface area contributed by atoms with E-state index in [0.29, 0.717) is 37.7 Å². The summed E-state index contributed by atoms with van der Waals surface area (Å²) in [6.07, 6.45) is 1.89. The van der Waals surface area contributed by atoms with Crippen LogP contribution in [0, 0.1) is 0 Å². The first-order valence-electron chi connectivity index (χ1n) is 13.4. The van der Waals surface area contributed by atoms with Gasteiger partial charge in [-0.15, -0.1) is 0 Å². The molecule has 0 fully saturated rings. The van der Waals surface area contributed by atoms with Crippen LogP contribution in [0.2, 0.25) is 0 Å². The number of hydrogen-bond acceptors (Lipinski definition) is 9. The summed E-state index contributed by atoms with van der Waals surface area (Å²) < 4.78 is 18.6. The van der Waals surface area contributed by atoms with Crippen molar-refractivity contribution in [3.05, 3.63) is 103 Å². The van der Waals surface area contributed by atoms with Crippen LogP contribution in [0.1, 0.15) is 31.0 Å². The Morgan fingerprint density at radius 1 is 1.02 bits per heavy atom. The van der Waals surface area contributed by atoms with Crippen LogP contribution in [-0.4, -0.2) is 38.4 Å². The van der Waals surface area contributed by atoms with Crippen molar-refractivity contribution in [1.82, 2.24) is 4.57 Å². The van der Waals surface area contributed by atoms with E-state index in [1.165, 1.54) is 16.2 Å². The summed E-state index contributed by atoms with van der Waals surface area (Å²) in [5.41, 5.74) is 4.36. The lowest BCUT2D eigenvalue weighted by molar-refractivity contribution is -0.139. The Hall–Kier alpha value is -4.28. The number of anilines is 2. The number of rotatable bonds is 6. The van der Waals surface area contributed by atoms with E-state index in [2.05, 4.69) is 41.2 Å². The molecule has 8 nitrogen and oxygen atoms in total. The number of allylic oxidation sites excluding steroid dienone is 1. The molecule has 42 heavy (non-hydrogen) atoms. The van der Waals surface area contributed by atoms with Crippen LogP contribution in [-0.2, 0) is 9.53 Å². The maximum absolute atomic E-state index is 14.1. The second kappa shape index (κ2) is 11.2. The molecule has 1 aromatic heterocycles. The van der Waals surface area contributed by atoms with Crippen LogP contribution in [0.3, 0.4) is 0 Å². The molecule has 0 amide bonds. The van der Waals surface area contributed by atoms with Crippen molar-refractivity contribution in [2.45, 2.75) is 29.7 Å². The maximum atomic E-state index is 14.1. The first kappa shape index (κ1) is 27.9. The fourth-order valence-corrected chi connectivity index (χ4v) is 7.57. The number of fused-ring (bicyclic) bond motifs is 3. The van der Waals surface area contributed by atoms with Gasteiger partial charge in [0.1, 0.15) is 17.5 Å². The van der Waals surface area contributed by atoms with E-state index in [0.717, 1.165) is 21.8 Å². The second-order valence-electron chi connectivity index (χ2n) is 9.77. The molecule has 10 heteroatoms. The lowest BCUT2D eigenvalue weighted by Crippen LogP contribution is -2.40. The summed E-state index contributed by atoms with van der Waals surface area (Å²) in [5, 5.41) is 0. The van der Waals surface area contributed by atoms with E-state index in [-0.39, 0.29) is 12.2 Å². The largest absolute Gasteiger partial charge is 0.497 e. The van der Waals surface area contributed by atoms with Crippen molar-refractivity contribution in [2.24, 2.45) is 4.99 Å². The molecule has 2 aliphatic rings. The monoisotopic (exact) mass is 599 g/mol. The van der Waals surface area contributed by atoms with Crippen molar-refractivity contribution in [2.75, 3.05) is 32.8 Å². The van der Waals surface area contributed by atoms with Gasteiger partial charge in [0.05, 0.1) is 48.0 Å². The van der Waals surface area contributed by atoms with Crippen molar-refractivity contribution < 1.29 is 19.0 Å². The highest BCUT2D eigenvalue weighted by Crippen LogP contribution is 2.47. The molecule has 0 bridgehead atoms. The van der Waals surface area contributed by atoms with Gasteiger partial charge in [-0.25, -0.2) is 9.79 Å². The lowest BCUT2D eigenvalue weighted by atomic mass is 9.95. The summed E-state index contributed by atoms with van der Waals surface area (Å²) in [6, 6.07) is 19.0. The third-order valence-corrected chi connectivity index (χ3v) is 9.44. The zero-order valence-corrected chi connectivity index (χ0v) is 25.5. The van der Waals surface area contributed by atoms with E-state index < -0.39 is 12.0 Å². The van der Waals surface area contributed by atoms with Crippen molar-refractivity contribution in [3.8, 4) is 11.5 Å². The highest BCUT2D eigenvalue weighted by atomic mass is 32.2. The Labute approximate surface area is 251 Å². The molecule has 3 aromatic carbocycles. The molecule has 2 aliphatic heterocycles. The predicted molar refractivity (Wildman–Crippen MR) is 165 cm³/mol. The second-order valence-corrected chi connectivity index (χ2v) is 11.9. The summed E-state index contributed by atoms with van der Waals surface area (Å²) in [4.78, 5) is 37.0. The fourth-order valence-electron chi connectivity index (χ4n) is 5.33. The number of aromatic nitrogens is 1. The van der Waals surface area contributed by atoms with Crippen molar-refractivity contribution in [3.63, 3.8) is 0 Å². The number of thiazole rings is 1. The lowest BCUT2D eigenvalue weighted by Gasteiger charge is -2.29. The molecule has 0 radical (unpaired) electrons. The molecule has 0 spiro atoms. The van der Waals surface area contributed by atoms with Crippen molar-refractivity contribution in [1.29, 1.82) is 0 Å². The minimum absolute atomic E-state index is 0.197. The molecule has 1 atom stereocenters. The van der Waals surface area contributed by atoms with E-state index in [4.69, 9.17) is 14.2 Å². The van der Waals surface area contributed by atoms with Gasteiger partial charge >= 0.3 is 5.97 Å². The number of ether oxygens (including phenoxy) is 3. The first-order chi connectivity index (χ1) is 20.3. The molecule has 6 rings (SSSR count). The minimum atomic E-state index is -0.785. The minimum Gasteiger partial charge on any atom is -0.497 e. The third-order valence-electron chi connectivity index (χ3n) is 7.34. The van der Waals surface area contributed by atoms with Gasteiger partial charge in [0, 0.05) is 28.5 Å². The molecule has 4 aromatic rings. The van der Waals surface area contributed by atoms with Gasteiger partial charge in [-0.2, -0.15) is 0 Å². The molecule has 0 N–H and O–H groups in total. The van der Waals surface area contributed by atoms with Gasteiger partial charge in [-0.05, 0) is 61.9 Å². The smallest absolute Gasteiger partial charge is 0.338 e. The summed E-state index contributed by atoms with van der Waals surface area (Å²) >= 11 is 3.01. The molecule has 0 saturated carbocycles. The molecular weight excluding hydrogens is 571 g/mol. The number of nitrogens with zero attached hydrogens (tertiary/aromatic N) is 3. The number of carbonyl (C=O) groups is 1. The SMILES string of the molecule is CCOC(=O)C1=C(C)N=c2s/c(=C/c3ccc4c(c3)Sc3ccccc3N4C)c(=O)n2[C@H]1c1ccc(OC)cc1OC. The fraction of sp³-hybridized carbons (Fsp3) is 0.219. The number of methoxy groups -OCH3 is 2. The van der Waals surface area contributed by atoms with Gasteiger partial charge in [0.2, 0.25) is 0 Å². The van der Waals surface area contributed by atoms with E-state index >= 15 is 0 Å². The van der Waals surface area contributed by atoms with Crippen LogP contribution in [0.25, 0.3) is 6.08 Å². The number of para-hydroxylation sites is 1. The zero-order valence-electron chi connectivity index (χ0n) is 23.8. The Morgan fingerprint density at radius 2 is 1.81 bits per heavy atom. The summed E-state index contributed by atoms with van der Waals surface area (Å²) in [6.45, 7) is 3.71. The maximum Gasteiger partial charge on any atom is 0.338 e. The van der Waals surface area contributed by atoms with Gasteiger partial charge in [-0.1, -0.05) is 41.3 Å². The molecule has 3 heterocycles. The molecule has 0 unspecified atom stereocenters. The number of benzene rings is 3. The zero-order chi connectivity index (χ0) is 29.5. The number of esters is 1. The van der Waals surface area contributed by atoms with Gasteiger partial charge in [0.15, 0.2) is 4.80 Å². The average molecular weight is 600 g/mol. The Kier molecular flexibility index (Phi) is 7.42. The highest BCUT2D eigenvalue weighted by Gasteiger charge is 2.35. The van der Waals surface area contributed by atoms with Gasteiger partial charge < -0.3 is 19.1 Å². The topological polar surface area (TPSA) is 82.4 Å². The number of carbonyl (C=O) groups excluding carboxylic acids is 1. The van der Waals surface area contributed by atoms with E-state index in [9.17, 15) is 9.59 Å². The summed E-state index contributed by atoms with van der Waals surface area (Å²) in [7, 11) is 5.18. The predicted octanol–water partition coefficient (Wildman–Crippen LogP) is 5.05. The van der Waals surface area contributed by atoms with E-state index in [1.54, 1.807) is 56.5 Å². The van der Waals surface area contributed by atoms with Gasteiger partial charge in [-0.3, -0.25) is 9.36 Å². The molecular formula is C32H29N3O5S2. The number of hydrogen-bond donors (Lipinski definition) is 0. The molecule has 0 saturated heterocycles. The highest BCUT2D eigenvalue weighted by molar-refractivity contribution is 7.99. The Balaban J connectivity index is 1.50. The van der Waals surface area contributed by atoms with Crippen LogP contribution >= 0.6 is 23.1 Å². The first-order valence-corrected chi connectivity index (χ1v) is 15.0. The summed E-state index contributed by atoms with van der Waals surface area (Å²) in [5.74, 6) is 0.563. The van der Waals surface area contributed by atoms with Crippen LogP contribution in [0.4, 0.5) is 11.4 Å². The van der Waals surface area contributed by atoms with E-state index in [1.807, 2.05) is 30.3 Å². The van der Waals surface area contributed by atoms with Crippen LogP contribution < -0.4 is 29.3 Å². The molecule has 0 aliphatic carbocycles. The Bertz CT molecular complexity index is 1940. The van der Waals surface area contributed by atoms with Crippen molar-refractivity contribution >= 4 is 46.5 Å².